The molecule has 5 heteroatoms. The Balaban J connectivity index is 2.13. The predicted octanol–water partition coefficient (Wildman–Crippen LogP) is 4.65. The molecule has 3 nitrogen and oxygen atoms in total. The zero-order chi connectivity index (χ0) is 14.5. The molecule has 0 aromatic heterocycles. The monoisotopic (exact) mass is 403 g/mol. The fourth-order valence-corrected chi connectivity index (χ4v) is 3.33. The minimum absolute atomic E-state index is 0.307. The molecule has 20 heavy (non-hydrogen) atoms. The average Bonchev–Trinajstić information content (AvgIpc) is 2.67. The number of hydrogen-bond acceptors (Lipinski definition) is 2. The molecule has 0 heterocycles. The summed E-state index contributed by atoms with van der Waals surface area (Å²) < 4.78 is 1.81. The summed E-state index contributed by atoms with van der Waals surface area (Å²) in [6.07, 6.45) is 7.05. The highest BCUT2D eigenvalue weighted by Crippen LogP contribution is 2.28. The highest BCUT2D eigenvalue weighted by atomic mass is 79.9. The third-order valence-corrected chi connectivity index (χ3v) is 5.66. The topological polar surface area (TPSA) is 49.3 Å². The van der Waals surface area contributed by atoms with Gasteiger partial charge in [0.1, 0.15) is 6.04 Å². The molecule has 0 aliphatic heterocycles. The van der Waals surface area contributed by atoms with Crippen molar-refractivity contribution < 1.29 is 9.90 Å². The standard InChI is InChI=1S/C15H19Br2NO2/c16-12-8-7-10(9-13(12)17)14(15(19)20)18-11-5-3-1-2-4-6-11/h7-9,11,14,18H,1-6H2,(H,19,20). The van der Waals surface area contributed by atoms with Crippen LogP contribution in [0.2, 0.25) is 0 Å². The SMILES string of the molecule is O=C(O)C(NC1CCCCCC1)c1ccc(Br)c(Br)c1. The Morgan fingerprint density at radius 1 is 1.15 bits per heavy atom. The molecular formula is C15H19Br2NO2. The summed E-state index contributed by atoms with van der Waals surface area (Å²) in [5.74, 6) is -0.816. The van der Waals surface area contributed by atoms with Gasteiger partial charge in [0.2, 0.25) is 0 Å². The van der Waals surface area contributed by atoms with Crippen molar-refractivity contribution >= 4 is 37.8 Å². The first kappa shape index (κ1) is 16.0. The van der Waals surface area contributed by atoms with Gasteiger partial charge in [0.05, 0.1) is 0 Å². The van der Waals surface area contributed by atoms with E-state index < -0.39 is 12.0 Å². The Kier molecular flexibility index (Phi) is 6.05. The van der Waals surface area contributed by atoms with Crippen molar-refractivity contribution in [3.63, 3.8) is 0 Å². The van der Waals surface area contributed by atoms with Crippen LogP contribution in [0.4, 0.5) is 0 Å². The predicted molar refractivity (Wildman–Crippen MR) is 86.8 cm³/mol. The summed E-state index contributed by atoms with van der Waals surface area (Å²) >= 11 is 6.84. The number of carboxylic acid groups (broad SMARTS) is 1. The quantitative estimate of drug-likeness (QED) is 0.718. The summed E-state index contributed by atoms with van der Waals surface area (Å²) in [5, 5.41) is 12.8. The van der Waals surface area contributed by atoms with Crippen molar-refractivity contribution in [3.05, 3.63) is 32.7 Å². The van der Waals surface area contributed by atoms with Crippen LogP contribution in [0, 0.1) is 0 Å². The second-order valence-corrected chi connectivity index (χ2v) is 7.01. The van der Waals surface area contributed by atoms with Crippen LogP contribution in [0.1, 0.15) is 50.1 Å². The van der Waals surface area contributed by atoms with Crippen molar-refractivity contribution in [2.45, 2.75) is 50.6 Å². The van der Waals surface area contributed by atoms with Gasteiger partial charge >= 0.3 is 5.97 Å². The van der Waals surface area contributed by atoms with E-state index in [4.69, 9.17) is 0 Å². The molecule has 110 valence electrons. The molecule has 0 radical (unpaired) electrons. The maximum atomic E-state index is 11.6. The molecule has 1 fully saturated rings. The Morgan fingerprint density at radius 3 is 2.35 bits per heavy atom. The van der Waals surface area contributed by atoms with Crippen LogP contribution in [0.5, 0.6) is 0 Å². The molecule has 1 aliphatic carbocycles. The van der Waals surface area contributed by atoms with Crippen LogP contribution >= 0.6 is 31.9 Å². The highest BCUT2D eigenvalue weighted by molar-refractivity contribution is 9.13. The van der Waals surface area contributed by atoms with Gasteiger partial charge in [0.15, 0.2) is 0 Å². The van der Waals surface area contributed by atoms with Crippen molar-refractivity contribution in [2.24, 2.45) is 0 Å². The van der Waals surface area contributed by atoms with Crippen LogP contribution in [0.3, 0.4) is 0 Å². The summed E-state index contributed by atoms with van der Waals surface area (Å²) in [4.78, 5) is 11.6. The molecule has 1 unspecified atom stereocenters. The molecule has 1 aromatic carbocycles. The van der Waals surface area contributed by atoms with Crippen LogP contribution < -0.4 is 5.32 Å². The van der Waals surface area contributed by atoms with Gasteiger partial charge in [-0.1, -0.05) is 31.7 Å². The van der Waals surface area contributed by atoms with E-state index in [2.05, 4.69) is 37.2 Å². The minimum Gasteiger partial charge on any atom is -0.480 e. The fourth-order valence-electron chi connectivity index (χ4n) is 2.68. The fraction of sp³-hybridized carbons (Fsp3) is 0.533. The molecule has 0 spiro atoms. The Labute approximate surface area is 136 Å². The summed E-state index contributed by atoms with van der Waals surface area (Å²) in [6.45, 7) is 0. The van der Waals surface area contributed by atoms with Crippen molar-refractivity contribution in [2.75, 3.05) is 0 Å². The smallest absolute Gasteiger partial charge is 0.325 e. The van der Waals surface area contributed by atoms with E-state index in [0.717, 1.165) is 27.4 Å². The molecular weight excluding hydrogens is 386 g/mol. The Bertz CT molecular complexity index is 471. The number of halogens is 2. The van der Waals surface area contributed by atoms with E-state index in [0.29, 0.717) is 6.04 Å². The zero-order valence-electron chi connectivity index (χ0n) is 11.2. The number of benzene rings is 1. The molecule has 1 saturated carbocycles. The van der Waals surface area contributed by atoms with Crippen molar-refractivity contribution in [1.29, 1.82) is 0 Å². The van der Waals surface area contributed by atoms with E-state index in [1.807, 2.05) is 18.2 Å². The third kappa shape index (κ3) is 4.30. The first-order chi connectivity index (χ1) is 9.58. The lowest BCUT2D eigenvalue weighted by atomic mass is 10.0. The molecule has 2 N–H and O–H groups in total. The number of rotatable bonds is 4. The number of hydrogen-bond donors (Lipinski definition) is 2. The number of carboxylic acids is 1. The van der Waals surface area contributed by atoms with Gasteiger partial charge in [-0.3, -0.25) is 10.1 Å². The summed E-state index contributed by atoms with van der Waals surface area (Å²) in [6, 6.07) is 5.28. The normalized spacial score (nSPS) is 18.5. The minimum atomic E-state index is -0.816. The first-order valence-corrected chi connectivity index (χ1v) is 8.60. The molecule has 0 saturated heterocycles. The van der Waals surface area contributed by atoms with E-state index in [1.165, 1.54) is 25.7 Å². The number of nitrogens with one attached hydrogen (secondary N) is 1. The molecule has 0 bridgehead atoms. The Hall–Kier alpha value is -0.390. The van der Waals surface area contributed by atoms with Gasteiger partial charge in [-0.2, -0.15) is 0 Å². The lowest BCUT2D eigenvalue weighted by molar-refractivity contribution is -0.140. The van der Waals surface area contributed by atoms with E-state index >= 15 is 0 Å². The van der Waals surface area contributed by atoms with E-state index in [9.17, 15) is 9.90 Å². The zero-order valence-corrected chi connectivity index (χ0v) is 14.4. The largest absolute Gasteiger partial charge is 0.480 e. The highest BCUT2D eigenvalue weighted by Gasteiger charge is 2.24. The maximum absolute atomic E-state index is 11.6. The van der Waals surface area contributed by atoms with Crippen LogP contribution in [0.25, 0.3) is 0 Å². The molecule has 1 aromatic rings. The summed E-state index contributed by atoms with van der Waals surface area (Å²) in [7, 11) is 0. The van der Waals surface area contributed by atoms with Crippen molar-refractivity contribution in [1.82, 2.24) is 5.32 Å². The van der Waals surface area contributed by atoms with E-state index in [1.54, 1.807) is 0 Å². The van der Waals surface area contributed by atoms with Gasteiger partial charge in [0, 0.05) is 15.0 Å². The van der Waals surface area contributed by atoms with E-state index in [-0.39, 0.29) is 0 Å². The number of aliphatic carboxylic acids is 1. The van der Waals surface area contributed by atoms with Gasteiger partial charge in [-0.15, -0.1) is 0 Å². The van der Waals surface area contributed by atoms with Gasteiger partial charge in [0.25, 0.3) is 0 Å². The van der Waals surface area contributed by atoms with Crippen molar-refractivity contribution in [3.8, 4) is 0 Å². The summed E-state index contributed by atoms with van der Waals surface area (Å²) in [5.41, 5.74) is 0.789. The van der Waals surface area contributed by atoms with Gasteiger partial charge in [-0.25, -0.2) is 0 Å². The lowest BCUT2D eigenvalue weighted by Crippen LogP contribution is -2.36. The molecule has 1 atom stereocenters. The average molecular weight is 405 g/mol. The molecule has 1 aliphatic rings. The second-order valence-electron chi connectivity index (χ2n) is 5.30. The maximum Gasteiger partial charge on any atom is 0.325 e. The number of carbonyl (C=O) groups is 1. The van der Waals surface area contributed by atoms with Crippen LogP contribution in [-0.2, 0) is 4.79 Å². The Morgan fingerprint density at radius 2 is 1.80 bits per heavy atom. The second kappa shape index (κ2) is 7.57. The molecule has 2 rings (SSSR count). The lowest BCUT2D eigenvalue weighted by Gasteiger charge is -2.22. The third-order valence-electron chi connectivity index (χ3n) is 3.78. The van der Waals surface area contributed by atoms with Gasteiger partial charge in [-0.05, 0) is 62.4 Å². The molecule has 0 amide bonds. The van der Waals surface area contributed by atoms with Gasteiger partial charge < -0.3 is 5.11 Å². The first-order valence-electron chi connectivity index (χ1n) is 7.01. The van der Waals surface area contributed by atoms with Crippen LogP contribution in [0.15, 0.2) is 27.1 Å². The van der Waals surface area contributed by atoms with Crippen LogP contribution in [-0.4, -0.2) is 17.1 Å².